The first-order valence-electron chi connectivity index (χ1n) is 9.35. The van der Waals surface area contributed by atoms with E-state index in [-0.39, 0.29) is 47.1 Å². The smallest absolute Gasteiger partial charge is 0.252 e. The summed E-state index contributed by atoms with van der Waals surface area (Å²) in [5.41, 5.74) is 2.06. The van der Waals surface area contributed by atoms with Gasteiger partial charge in [0.05, 0.1) is 17.6 Å². The standard InChI is InChI=1S/C22H20FN3O4/c1-26-11-16-17(21(29)24-6-7-27)15-9-13(8-12-2-4-14(23)5-3-12)10-25-19(15)20(28)18(16)22(26)30/h2-5,9-11,27-28,30H,6-8H2,1H3,(H,24,29). The zero-order valence-electron chi connectivity index (χ0n) is 16.2. The first-order valence-corrected chi connectivity index (χ1v) is 9.35. The fourth-order valence-corrected chi connectivity index (χ4v) is 3.63. The van der Waals surface area contributed by atoms with Crippen LogP contribution in [0.25, 0.3) is 21.7 Å². The monoisotopic (exact) mass is 409 g/mol. The molecular weight excluding hydrogens is 389 g/mol. The third-order valence-corrected chi connectivity index (χ3v) is 5.04. The molecule has 4 rings (SSSR count). The Bertz CT molecular complexity index is 1270. The topological polar surface area (TPSA) is 108 Å². The van der Waals surface area contributed by atoms with E-state index in [1.165, 1.54) is 16.7 Å². The average molecular weight is 409 g/mol. The molecular formula is C22H20FN3O4. The number of nitrogens with zero attached hydrogens (tertiary/aromatic N) is 2. The number of phenolic OH excluding ortho intramolecular Hbond substituents is 1. The molecule has 30 heavy (non-hydrogen) atoms. The first kappa shape index (κ1) is 19.7. The van der Waals surface area contributed by atoms with Crippen LogP contribution in [0.15, 0.2) is 42.7 Å². The van der Waals surface area contributed by atoms with Crippen LogP contribution in [0.3, 0.4) is 0 Å². The first-order chi connectivity index (χ1) is 14.4. The Kier molecular flexibility index (Phi) is 5.01. The summed E-state index contributed by atoms with van der Waals surface area (Å²) in [6, 6.07) is 7.84. The van der Waals surface area contributed by atoms with Gasteiger partial charge in [0.1, 0.15) is 11.3 Å². The summed E-state index contributed by atoms with van der Waals surface area (Å²) in [5, 5.41) is 33.7. The minimum Gasteiger partial charge on any atom is -0.505 e. The number of aromatic hydroxyl groups is 2. The van der Waals surface area contributed by atoms with Gasteiger partial charge in [-0.05, 0) is 35.7 Å². The van der Waals surface area contributed by atoms with Crippen LogP contribution in [-0.4, -0.2) is 43.9 Å². The maximum absolute atomic E-state index is 13.2. The molecule has 154 valence electrons. The lowest BCUT2D eigenvalue weighted by Gasteiger charge is -2.12. The number of nitrogens with one attached hydrogen (secondary N) is 1. The summed E-state index contributed by atoms with van der Waals surface area (Å²) in [5.74, 6) is -1.18. The molecule has 0 atom stereocenters. The van der Waals surface area contributed by atoms with E-state index in [2.05, 4.69) is 10.3 Å². The van der Waals surface area contributed by atoms with Crippen LogP contribution in [0, 0.1) is 5.82 Å². The molecule has 0 spiro atoms. The Labute approximate surface area is 171 Å². The molecule has 1 amide bonds. The molecule has 0 aliphatic rings. The Morgan fingerprint density at radius 3 is 2.60 bits per heavy atom. The van der Waals surface area contributed by atoms with Gasteiger partial charge in [0.25, 0.3) is 5.91 Å². The molecule has 0 saturated carbocycles. The molecule has 0 bridgehead atoms. The van der Waals surface area contributed by atoms with Crippen molar-refractivity contribution in [2.75, 3.05) is 13.2 Å². The third-order valence-electron chi connectivity index (χ3n) is 5.04. The molecule has 0 aliphatic heterocycles. The molecule has 4 N–H and O–H groups in total. The van der Waals surface area contributed by atoms with Gasteiger partial charge in [-0.15, -0.1) is 0 Å². The van der Waals surface area contributed by atoms with Crippen LogP contribution in [0.1, 0.15) is 21.5 Å². The molecule has 0 aliphatic carbocycles. The van der Waals surface area contributed by atoms with Gasteiger partial charge in [-0.25, -0.2) is 4.39 Å². The van der Waals surface area contributed by atoms with Crippen molar-refractivity contribution >= 4 is 27.6 Å². The van der Waals surface area contributed by atoms with Crippen LogP contribution in [0.4, 0.5) is 4.39 Å². The number of halogens is 1. The normalized spacial score (nSPS) is 11.3. The van der Waals surface area contributed by atoms with Crippen LogP contribution < -0.4 is 5.32 Å². The number of benzene rings is 2. The maximum Gasteiger partial charge on any atom is 0.252 e. The van der Waals surface area contributed by atoms with E-state index >= 15 is 0 Å². The SMILES string of the molecule is Cn1cc2c(C(=O)NCCO)c3cc(Cc4ccc(F)cc4)cnc3c(O)c2c1O. The summed E-state index contributed by atoms with van der Waals surface area (Å²) in [4.78, 5) is 17.3. The van der Waals surface area contributed by atoms with E-state index in [1.807, 2.05) is 0 Å². The van der Waals surface area contributed by atoms with Gasteiger partial charge in [-0.1, -0.05) is 12.1 Å². The molecule has 4 aromatic rings. The number of carbonyl (C=O) groups excluding carboxylic acids is 1. The Morgan fingerprint density at radius 2 is 1.90 bits per heavy atom. The fraction of sp³-hybridized carbons (Fsp3) is 0.182. The van der Waals surface area contributed by atoms with E-state index < -0.39 is 5.91 Å². The molecule has 0 saturated heterocycles. The highest BCUT2D eigenvalue weighted by molar-refractivity contribution is 6.21. The minimum absolute atomic E-state index is 0.0597. The Morgan fingerprint density at radius 1 is 1.17 bits per heavy atom. The minimum atomic E-state index is -0.453. The summed E-state index contributed by atoms with van der Waals surface area (Å²) in [6.07, 6.45) is 3.59. The fourth-order valence-electron chi connectivity index (χ4n) is 3.63. The number of aryl methyl sites for hydroxylation is 1. The van der Waals surface area contributed by atoms with Crippen LogP contribution in [0.2, 0.25) is 0 Å². The number of hydrogen-bond donors (Lipinski definition) is 4. The molecule has 0 fully saturated rings. The van der Waals surface area contributed by atoms with Crippen LogP contribution in [0.5, 0.6) is 11.6 Å². The van der Waals surface area contributed by atoms with Gasteiger partial charge in [0.2, 0.25) is 5.88 Å². The van der Waals surface area contributed by atoms with Crippen molar-refractivity contribution in [3.63, 3.8) is 0 Å². The number of phenols is 1. The number of aromatic nitrogens is 2. The van der Waals surface area contributed by atoms with E-state index in [4.69, 9.17) is 5.11 Å². The number of carbonyl (C=O) groups is 1. The molecule has 2 heterocycles. The number of amides is 1. The van der Waals surface area contributed by atoms with E-state index in [9.17, 15) is 19.4 Å². The lowest BCUT2D eigenvalue weighted by molar-refractivity contribution is 0.0948. The van der Waals surface area contributed by atoms with Crippen molar-refractivity contribution in [2.24, 2.45) is 7.05 Å². The highest BCUT2D eigenvalue weighted by Gasteiger charge is 2.24. The van der Waals surface area contributed by atoms with E-state index in [1.54, 1.807) is 37.6 Å². The van der Waals surface area contributed by atoms with E-state index in [0.717, 1.165) is 11.1 Å². The Hall–Kier alpha value is -3.65. The van der Waals surface area contributed by atoms with Gasteiger partial charge in [-0.3, -0.25) is 9.78 Å². The van der Waals surface area contributed by atoms with Crippen LogP contribution >= 0.6 is 0 Å². The van der Waals surface area contributed by atoms with Gasteiger partial charge in [-0.2, -0.15) is 0 Å². The predicted octanol–water partition coefficient (Wildman–Crippen LogP) is 2.59. The van der Waals surface area contributed by atoms with E-state index in [0.29, 0.717) is 17.2 Å². The molecule has 2 aromatic heterocycles. The van der Waals surface area contributed by atoms with Gasteiger partial charge >= 0.3 is 0 Å². The number of hydrogen-bond acceptors (Lipinski definition) is 5. The highest BCUT2D eigenvalue weighted by Crippen LogP contribution is 2.42. The number of pyridine rings is 1. The number of fused-ring (bicyclic) bond motifs is 2. The summed E-state index contributed by atoms with van der Waals surface area (Å²) >= 11 is 0. The quantitative estimate of drug-likeness (QED) is 0.405. The molecule has 2 aromatic carbocycles. The molecule has 0 unspecified atom stereocenters. The molecule has 7 nitrogen and oxygen atoms in total. The predicted molar refractivity (Wildman–Crippen MR) is 110 cm³/mol. The zero-order chi connectivity index (χ0) is 21.4. The molecule has 8 heteroatoms. The largest absolute Gasteiger partial charge is 0.505 e. The summed E-state index contributed by atoms with van der Waals surface area (Å²) < 4.78 is 14.6. The second-order valence-electron chi connectivity index (χ2n) is 7.10. The van der Waals surface area contributed by atoms with Gasteiger partial charge in [0, 0.05) is 36.8 Å². The third kappa shape index (κ3) is 3.31. The Balaban J connectivity index is 1.93. The van der Waals surface area contributed by atoms with Gasteiger partial charge < -0.3 is 25.2 Å². The van der Waals surface area contributed by atoms with Gasteiger partial charge in [0.15, 0.2) is 5.75 Å². The van der Waals surface area contributed by atoms with Crippen molar-refractivity contribution < 1.29 is 24.5 Å². The number of aliphatic hydroxyl groups excluding tert-OH is 1. The summed E-state index contributed by atoms with van der Waals surface area (Å²) in [6.45, 7) is -0.163. The second kappa shape index (κ2) is 7.64. The maximum atomic E-state index is 13.2. The lowest BCUT2D eigenvalue weighted by atomic mass is 9.97. The van der Waals surface area contributed by atoms with Crippen molar-refractivity contribution in [1.29, 1.82) is 0 Å². The van der Waals surface area contributed by atoms with Crippen molar-refractivity contribution in [1.82, 2.24) is 14.9 Å². The lowest BCUT2D eigenvalue weighted by Crippen LogP contribution is -2.26. The van der Waals surface area contributed by atoms with Crippen LogP contribution in [-0.2, 0) is 13.5 Å². The zero-order valence-corrected chi connectivity index (χ0v) is 16.2. The van der Waals surface area contributed by atoms with Crippen molar-refractivity contribution in [3.8, 4) is 11.6 Å². The molecule has 0 radical (unpaired) electrons. The number of aliphatic hydroxyl groups is 1. The van der Waals surface area contributed by atoms with Crippen molar-refractivity contribution in [3.05, 3.63) is 65.2 Å². The second-order valence-corrected chi connectivity index (χ2v) is 7.10. The summed E-state index contributed by atoms with van der Waals surface area (Å²) in [7, 11) is 1.60. The average Bonchev–Trinajstić information content (AvgIpc) is 3.02. The van der Waals surface area contributed by atoms with Crippen molar-refractivity contribution in [2.45, 2.75) is 6.42 Å². The highest BCUT2D eigenvalue weighted by atomic mass is 19.1. The number of rotatable bonds is 5.